The van der Waals surface area contributed by atoms with Crippen molar-refractivity contribution in [1.29, 1.82) is 0 Å². The lowest BCUT2D eigenvalue weighted by Gasteiger charge is -2.30. The monoisotopic (exact) mass is 285 g/mol. The van der Waals surface area contributed by atoms with Crippen molar-refractivity contribution in [2.45, 2.75) is 37.0 Å². The van der Waals surface area contributed by atoms with Crippen molar-refractivity contribution in [3.63, 3.8) is 0 Å². The van der Waals surface area contributed by atoms with Crippen LogP contribution in [0.5, 0.6) is 0 Å². The number of hydrogen-bond acceptors (Lipinski definition) is 4. The summed E-state index contributed by atoms with van der Waals surface area (Å²) in [5, 5.41) is 6.79. The van der Waals surface area contributed by atoms with E-state index < -0.39 is 5.91 Å². The van der Waals surface area contributed by atoms with Crippen LogP contribution in [0.3, 0.4) is 0 Å². The minimum absolute atomic E-state index is 0.183. The maximum atomic E-state index is 12.0. The summed E-state index contributed by atoms with van der Waals surface area (Å²) in [4.78, 5) is 25.5. The van der Waals surface area contributed by atoms with Crippen molar-refractivity contribution in [3.8, 4) is 0 Å². The summed E-state index contributed by atoms with van der Waals surface area (Å²) in [7, 11) is 0. The lowest BCUT2D eigenvalue weighted by atomic mass is 9.95. The van der Waals surface area contributed by atoms with E-state index in [2.05, 4.69) is 16.9 Å². The first-order valence-electron chi connectivity index (χ1n) is 7.04. The molecule has 0 aromatic heterocycles. The van der Waals surface area contributed by atoms with E-state index in [1.54, 1.807) is 4.90 Å². The van der Waals surface area contributed by atoms with E-state index in [9.17, 15) is 9.59 Å². The highest BCUT2D eigenvalue weighted by Crippen LogP contribution is 2.26. The Balaban J connectivity index is 1.76. The molecule has 2 aliphatic rings. The predicted molar refractivity (Wildman–Crippen MR) is 77.2 cm³/mol. The van der Waals surface area contributed by atoms with Gasteiger partial charge in [0.15, 0.2) is 0 Å². The van der Waals surface area contributed by atoms with E-state index in [-0.39, 0.29) is 11.9 Å². The molecule has 1 aliphatic carbocycles. The van der Waals surface area contributed by atoms with Crippen molar-refractivity contribution in [3.05, 3.63) is 0 Å². The van der Waals surface area contributed by atoms with E-state index in [4.69, 9.17) is 0 Å². The molecule has 2 fully saturated rings. The summed E-state index contributed by atoms with van der Waals surface area (Å²) in [5.74, 6) is -0.789. The van der Waals surface area contributed by atoms with Gasteiger partial charge in [-0.2, -0.15) is 11.8 Å². The van der Waals surface area contributed by atoms with Gasteiger partial charge < -0.3 is 15.5 Å². The minimum atomic E-state index is -0.422. The molecule has 1 saturated carbocycles. The molecule has 2 rings (SSSR count). The Morgan fingerprint density at radius 2 is 1.79 bits per heavy atom. The van der Waals surface area contributed by atoms with Crippen LogP contribution in [0.1, 0.15) is 25.7 Å². The molecule has 19 heavy (non-hydrogen) atoms. The molecule has 0 unspecified atom stereocenters. The SMILES string of the molecule is CSC1CCC(NC(=O)C(=O)N2CCNCC2)CC1. The van der Waals surface area contributed by atoms with Gasteiger partial charge >= 0.3 is 11.8 Å². The second-order valence-electron chi connectivity index (χ2n) is 5.22. The predicted octanol–water partition coefficient (Wildman–Crippen LogP) is 0.209. The molecule has 0 aromatic carbocycles. The number of nitrogens with zero attached hydrogens (tertiary/aromatic N) is 1. The van der Waals surface area contributed by atoms with Crippen LogP contribution >= 0.6 is 11.8 Å². The highest BCUT2D eigenvalue weighted by molar-refractivity contribution is 7.99. The van der Waals surface area contributed by atoms with Crippen molar-refractivity contribution in [2.75, 3.05) is 32.4 Å². The van der Waals surface area contributed by atoms with Gasteiger partial charge in [-0.05, 0) is 31.9 Å². The first-order chi connectivity index (χ1) is 9.20. The van der Waals surface area contributed by atoms with Crippen molar-refractivity contribution < 1.29 is 9.59 Å². The van der Waals surface area contributed by atoms with Gasteiger partial charge in [0.05, 0.1) is 0 Å². The lowest BCUT2D eigenvalue weighted by Crippen LogP contribution is -2.53. The van der Waals surface area contributed by atoms with E-state index in [0.29, 0.717) is 13.1 Å². The second kappa shape index (κ2) is 7.14. The quantitative estimate of drug-likeness (QED) is 0.712. The highest BCUT2D eigenvalue weighted by Gasteiger charge is 2.27. The Morgan fingerprint density at radius 1 is 1.16 bits per heavy atom. The zero-order valence-electron chi connectivity index (χ0n) is 11.5. The zero-order chi connectivity index (χ0) is 13.7. The van der Waals surface area contributed by atoms with E-state index in [0.717, 1.165) is 44.0 Å². The normalized spacial score (nSPS) is 27.9. The molecular formula is C13H23N3O2S. The van der Waals surface area contributed by atoms with Gasteiger partial charge in [0, 0.05) is 37.5 Å². The maximum absolute atomic E-state index is 12.0. The number of rotatable bonds is 2. The molecule has 0 spiro atoms. The van der Waals surface area contributed by atoms with Crippen LogP contribution in [0.2, 0.25) is 0 Å². The lowest BCUT2D eigenvalue weighted by molar-refractivity contribution is -0.146. The molecule has 0 atom stereocenters. The average molecular weight is 285 g/mol. The van der Waals surface area contributed by atoms with Crippen molar-refractivity contribution >= 4 is 23.6 Å². The fraction of sp³-hybridized carbons (Fsp3) is 0.846. The summed E-state index contributed by atoms with van der Waals surface area (Å²) in [6.45, 7) is 2.81. The molecular weight excluding hydrogens is 262 g/mol. The summed E-state index contributed by atoms with van der Waals surface area (Å²) in [6, 6.07) is 0.183. The van der Waals surface area contributed by atoms with Gasteiger partial charge in [-0.25, -0.2) is 0 Å². The topological polar surface area (TPSA) is 61.4 Å². The van der Waals surface area contributed by atoms with Crippen LogP contribution in [-0.2, 0) is 9.59 Å². The number of amides is 2. The van der Waals surface area contributed by atoms with E-state index in [1.807, 2.05) is 11.8 Å². The Hall–Kier alpha value is -0.750. The zero-order valence-corrected chi connectivity index (χ0v) is 12.3. The molecule has 2 amide bonds. The molecule has 0 aromatic rings. The summed E-state index contributed by atoms with van der Waals surface area (Å²) in [5.41, 5.74) is 0. The number of nitrogens with one attached hydrogen (secondary N) is 2. The largest absolute Gasteiger partial charge is 0.345 e. The summed E-state index contributed by atoms with van der Waals surface area (Å²) >= 11 is 1.90. The van der Waals surface area contributed by atoms with Crippen LogP contribution in [0.4, 0.5) is 0 Å². The van der Waals surface area contributed by atoms with Crippen molar-refractivity contribution in [1.82, 2.24) is 15.5 Å². The van der Waals surface area contributed by atoms with Crippen LogP contribution in [0.25, 0.3) is 0 Å². The Bertz CT molecular complexity index is 324. The van der Waals surface area contributed by atoms with Crippen molar-refractivity contribution in [2.24, 2.45) is 0 Å². The third kappa shape index (κ3) is 4.11. The number of hydrogen-bond donors (Lipinski definition) is 2. The number of thioether (sulfide) groups is 1. The number of carbonyl (C=O) groups is 2. The first kappa shape index (κ1) is 14.7. The van der Waals surface area contributed by atoms with Gasteiger partial charge in [-0.3, -0.25) is 9.59 Å². The second-order valence-corrected chi connectivity index (χ2v) is 6.36. The summed E-state index contributed by atoms with van der Waals surface area (Å²) < 4.78 is 0. The Morgan fingerprint density at radius 3 is 2.37 bits per heavy atom. The van der Waals surface area contributed by atoms with Crippen LogP contribution in [0, 0.1) is 0 Å². The molecule has 6 heteroatoms. The van der Waals surface area contributed by atoms with Gasteiger partial charge in [0.1, 0.15) is 0 Å². The van der Waals surface area contributed by atoms with Gasteiger partial charge in [0.25, 0.3) is 0 Å². The van der Waals surface area contributed by atoms with Crippen LogP contribution in [-0.4, -0.2) is 60.4 Å². The third-order valence-electron chi connectivity index (χ3n) is 3.94. The van der Waals surface area contributed by atoms with Crippen LogP contribution in [0.15, 0.2) is 0 Å². The van der Waals surface area contributed by atoms with Gasteiger partial charge in [0.2, 0.25) is 0 Å². The first-order valence-corrected chi connectivity index (χ1v) is 8.32. The molecule has 108 valence electrons. The molecule has 1 saturated heterocycles. The van der Waals surface area contributed by atoms with Gasteiger partial charge in [-0.1, -0.05) is 0 Å². The Labute approximate surface area is 118 Å². The maximum Gasteiger partial charge on any atom is 0.311 e. The molecule has 2 N–H and O–H groups in total. The molecule has 0 radical (unpaired) electrons. The third-order valence-corrected chi connectivity index (χ3v) is 5.08. The van der Waals surface area contributed by atoms with Gasteiger partial charge in [-0.15, -0.1) is 0 Å². The van der Waals surface area contributed by atoms with E-state index in [1.165, 1.54) is 0 Å². The molecule has 1 heterocycles. The molecule has 1 aliphatic heterocycles. The van der Waals surface area contributed by atoms with E-state index >= 15 is 0 Å². The fourth-order valence-corrected chi connectivity index (χ4v) is 3.45. The average Bonchev–Trinajstić information content (AvgIpc) is 2.48. The smallest absolute Gasteiger partial charge is 0.311 e. The molecule has 5 nitrogen and oxygen atoms in total. The summed E-state index contributed by atoms with van der Waals surface area (Å²) in [6.07, 6.45) is 6.39. The number of carbonyl (C=O) groups excluding carboxylic acids is 2. The van der Waals surface area contributed by atoms with Crippen LogP contribution < -0.4 is 10.6 Å². The number of piperazine rings is 1. The fourth-order valence-electron chi connectivity index (χ4n) is 2.70. The standard InChI is InChI=1S/C13H23N3O2S/c1-19-11-4-2-10(3-5-11)15-12(17)13(18)16-8-6-14-7-9-16/h10-11,14H,2-9H2,1H3,(H,15,17). The minimum Gasteiger partial charge on any atom is -0.345 e. The molecule has 0 bridgehead atoms. The Kier molecular flexibility index (Phi) is 5.51. The highest BCUT2D eigenvalue weighted by atomic mass is 32.2.